The van der Waals surface area contributed by atoms with Crippen molar-refractivity contribution in [2.24, 2.45) is 0 Å². The molecule has 21 heavy (non-hydrogen) atoms. The average Bonchev–Trinajstić information content (AvgIpc) is 2.48. The first kappa shape index (κ1) is 14.5. The van der Waals surface area contributed by atoms with Crippen molar-refractivity contribution in [1.29, 1.82) is 0 Å². The molecule has 3 N–H and O–H groups in total. The standard InChI is InChI=1S/C14H13N3O4/c18-9-10-4-1-2-7-13(10)16-14(19)15-11-5-3-6-12(8-11)17(20)21/h1-8,18H,9H2,(H2,15,16,19). The van der Waals surface area contributed by atoms with Crippen molar-refractivity contribution in [3.8, 4) is 0 Å². The highest BCUT2D eigenvalue weighted by Gasteiger charge is 2.09. The summed E-state index contributed by atoms with van der Waals surface area (Å²) in [5, 5.41) is 24.9. The number of urea groups is 1. The Labute approximate surface area is 120 Å². The Morgan fingerprint density at radius 2 is 1.90 bits per heavy atom. The summed E-state index contributed by atoms with van der Waals surface area (Å²) in [7, 11) is 0. The van der Waals surface area contributed by atoms with Gasteiger partial charge in [0.2, 0.25) is 0 Å². The van der Waals surface area contributed by atoms with Gasteiger partial charge < -0.3 is 15.7 Å². The first-order chi connectivity index (χ1) is 10.1. The molecule has 2 aromatic rings. The first-order valence-corrected chi connectivity index (χ1v) is 6.11. The molecule has 0 saturated heterocycles. The van der Waals surface area contributed by atoms with Gasteiger partial charge >= 0.3 is 6.03 Å². The number of nitro benzene ring substituents is 1. The van der Waals surface area contributed by atoms with Crippen LogP contribution in [0.25, 0.3) is 0 Å². The molecule has 0 radical (unpaired) electrons. The average molecular weight is 287 g/mol. The molecule has 0 bridgehead atoms. The minimum absolute atomic E-state index is 0.108. The molecule has 2 aromatic carbocycles. The van der Waals surface area contributed by atoms with Crippen molar-refractivity contribution >= 4 is 23.1 Å². The molecule has 0 aromatic heterocycles. The molecule has 0 spiro atoms. The molecule has 0 aliphatic carbocycles. The van der Waals surface area contributed by atoms with Gasteiger partial charge in [-0.25, -0.2) is 4.79 Å². The molecule has 0 saturated carbocycles. The van der Waals surface area contributed by atoms with Crippen molar-refractivity contribution in [3.05, 3.63) is 64.2 Å². The molecule has 2 amide bonds. The van der Waals surface area contributed by atoms with Crippen LogP contribution >= 0.6 is 0 Å². The minimum Gasteiger partial charge on any atom is -0.392 e. The predicted octanol–water partition coefficient (Wildman–Crippen LogP) is 2.73. The second-order valence-electron chi connectivity index (χ2n) is 4.20. The maximum Gasteiger partial charge on any atom is 0.323 e. The fourth-order valence-electron chi connectivity index (χ4n) is 1.76. The number of nitro groups is 1. The van der Waals surface area contributed by atoms with Gasteiger partial charge in [0, 0.05) is 29.1 Å². The van der Waals surface area contributed by atoms with Crippen molar-refractivity contribution < 1.29 is 14.8 Å². The van der Waals surface area contributed by atoms with E-state index in [1.165, 1.54) is 18.2 Å². The lowest BCUT2D eigenvalue weighted by Crippen LogP contribution is -2.20. The Hall–Kier alpha value is -2.93. The number of nitrogens with zero attached hydrogens (tertiary/aromatic N) is 1. The summed E-state index contributed by atoms with van der Waals surface area (Å²) in [5.74, 6) is 0. The zero-order chi connectivity index (χ0) is 15.2. The van der Waals surface area contributed by atoms with Gasteiger partial charge in [0.15, 0.2) is 0 Å². The molecule has 108 valence electrons. The highest BCUT2D eigenvalue weighted by atomic mass is 16.6. The number of amides is 2. The monoisotopic (exact) mass is 287 g/mol. The number of rotatable bonds is 4. The number of nitrogens with one attached hydrogen (secondary N) is 2. The lowest BCUT2D eigenvalue weighted by atomic mass is 10.2. The topological polar surface area (TPSA) is 104 Å². The summed E-state index contributed by atoms with van der Waals surface area (Å²) < 4.78 is 0. The fourth-order valence-corrected chi connectivity index (χ4v) is 1.76. The summed E-state index contributed by atoms with van der Waals surface area (Å²) in [5.41, 5.74) is 1.25. The molecule has 7 heteroatoms. The van der Waals surface area contributed by atoms with Gasteiger partial charge in [0.25, 0.3) is 5.69 Å². The molecule has 0 fully saturated rings. The third-order valence-electron chi connectivity index (χ3n) is 2.75. The summed E-state index contributed by atoms with van der Waals surface area (Å²) in [6.07, 6.45) is 0. The van der Waals surface area contributed by atoms with Crippen LogP contribution in [0, 0.1) is 10.1 Å². The van der Waals surface area contributed by atoms with Crippen molar-refractivity contribution in [2.45, 2.75) is 6.61 Å². The van der Waals surface area contributed by atoms with Crippen LogP contribution in [0.3, 0.4) is 0 Å². The quantitative estimate of drug-likeness (QED) is 0.594. The van der Waals surface area contributed by atoms with E-state index in [-0.39, 0.29) is 12.3 Å². The van der Waals surface area contributed by atoms with Gasteiger partial charge in [0.1, 0.15) is 0 Å². The van der Waals surface area contributed by atoms with Crippen molar-refractivity contribution in [3.63, 3.8) is 0 Å². The number of aliphatic hydroxyl groups excluding tert-OH is 1. The molecule has 0 atom stereocenters. The van der Waals surface area contributed by atoms with Gasteiger partial charge in [-0.2, -0.15) is 0 Å². The summed E-state index contributed by atoms with van der Waals surface area (Å²) in [4.78, 5) is 22.0. The van der Waals surface area contributed by atoms with E-state index in [9.17, 15) is 20.0 Å². The maximum absolute atomic E-state index is 11.9. The fraction of sp³-hybridized carbons (Fsp3) is 0.0714. The number of carbonyl (C=O) groups excluding carboxylic acids is 1. The van der Waals surface area contributed by atoms with Crippen LogP contribution in [0.2, 0.25) is 0 Å². The van der Waals surface area contributed by atoms with Crippen LogP contribution in [-0.4, -0.2) is 16.1 Å². The Balaban J connectivity index is 2.08. The molecule has 0 aliphatic heterocycles. The lowest BCUT2D eigenvalue weighted by molar-refractivity contribution is -0.384. The molecule has 0 heterocycles. The van der Waals surface area contributed by atoms with E-state index in [0.29, 0.717) is 16.9 Å². The highest BCUT2D eigenvalue weighted by molar-refractivity contribution is 6.00. The van der Waals surface area contributed by atoms with Gasteiger partial charge in [-0.05, 0) is 12.1 Å². The third-order valence-corrected chi connectivity index (χ3v) is 2.75. The number of hydrogen-bond donors (Lipinski definition) is 3. The van der Waals surface area contributed by atoms with Gasteiger partial charge in [-0.1, -0.05) is 24.3 Å². The molecule has 7 nitrogen and oxygen atoms in total. The largest absolute Gasteiger partial charge is 0.392 e. The first-order valence-electron chi connectivity index (χ1n) is 6.11. The number of carbonyl (C=O) groups is 1. The van der Waals surface area contributed by atoms with Crippen LogP contribution in [0.1, 0.15) is 5.56 Å². The van der Waals surface area contributed by atoms with Gasteiger partial charge in [0.05, 0.1) is 11.5 Å². The van der Waals surface area contributed by atoms with Gasteiger partial charge in [-0.3, -0.25) is 10.1 Å². The molecular formula is C14H13N3O4. The van der Waals surface area contributed by atoms with Crippen LogP contribution in [-0.2, 0) is 6.61 Å². The van der Waals surface area contributed by atoms with E-state index in [2.05, 4.69) is 10.6 Å². The second-order valence-corrected chi connectivity index (χ2v) is 4.20. The molecule has 0 aliphatic rings. The molecule has 0 unspecified atom stereocenters. The van der Waals surface area contributed by atoms with E-state index >= 15 is 0 Å². The van der Waals surface area contributed by atoms with Crippen molar-refractivity contribution in [2.75, 3.05) is 10.6 Å². The van der Waals surface area contributed by atoms with Crippen molar-refractivity contribution in [1.82, 2.24) is 0 Å². The van der Waals surface area contributed by atoms with Crippen LogP contribution in [0.5, 0.6) is 0 Å². The number of benzene rings is 2. The van der Waals surface area contributed by atoms with E-state index in [1.807, 2.05) is 0 Å². The Bertz CT molecular complexity index is 673. The normalized spacial score (nSPS) is 9.95. The Morgan fingerprint density at radius 1 is 1.14 bits per heavy atom. The SMILES string of the molecule is O=C(Nc1cccc([N+](=O)[O-])c1)Nc1ccccc1CO. The summed E-state index contributed by atoms with van der Waals surface area (Å²) >= 11 is 0. The van der Waals surface area contributed by atoms with E-state index in [0.717, 1.165) is 0 Å². The molecular weight excluding hydrogens is 274 g/mol. The number of para-hydroxylation sites is 1. The number of non-ortho nitro benzene ring substituents is 1. The van der Waals surface area contributed by atoms with Crippen LogP contribution < -0.4 is 10.6 Å². The highest BCUT2D eigenvalue weighted by Crippen LogP contribution is 2.18. The smallest absolute Gasteiger partial charge is 0.323 e. The third kappa shape index (κ3) is 3.77. The van der Waals surface area contributed by atoms with Crippen LogP contribution in [0.4, 0.5) is 21.9 Å². The summed E-state index contributed by atoms with van der Waals surface area (Å²) in [6, 6.07) is 11.9. The number of aliphatic hydroxyl groups is 1. The Kier molecular flexibility index (Phi) is 4.47. The zero-order valence-electron chi connectivity index (χ0n) is 10.9. The number of anilines is 2. The summed E-state index contributed by atoms with van der Waals surface area (Å²) in [6.45, 7) is -0.201. The predicted molar refractivity (Wildman–Crippen MR) is 78.1 cm³/mol. The number of hydrogen-bond acceptors (Lipinski definition) is 4. The zero-order valence-corrected chi connectivity index (χ0v) is 10.9. The van der Waals surface area contributed by atoms with Gasteiger partial charge in [-0.15, -0.1) is 0 Å². The van der Waals surface area contributed by atoms with E-state index in [4.69, 9.17) is 0 Å². The second kappa shape index (κ2) is 6.49. The van der Waals surface area contributed by atoms with E-state index in [1.54, 1.807) is 30.3 Å². The maximum atomic E-state index is 11.9. The molecule has 2 rings (SSSR count). The minimum atomic E-state index is -0.545. The van der Waals surface area contributed by atoms with Crippen LogP contribution in [0.15, 0.2) is 48.5 Å². The van der Waals surface area contributed by atoms with E-state index < -0.39 is 11.0 Å². The lowest BCUT2D eigenvalue weighted by Gasteiger charge is -2.10. The Morgan fingerprint density at radius 3 is 2.62 bits per heavy atom.